The molecule has 0 atom stereocenters. The van der Waals surface area contributed by atoms with Gasteiger partial charge in [-0.15, -0.1) is 0 Å². The summed E-state index contributed by atoms with van der Waals surface area (Å²) in [5, 5.41) is 0. The number of halogens is 3. The summed E-state index contributed by atoms with van der Waals surface area (Å²) < 4.78 is 65.6. The Kier molecular flexibility index (Phi) is 3.71. The Morgan fingerprint density at radius 3 is 2.25 bits per heavy atom. The summed E-state index contributed by atoms with van der Waals surface area (Å²) in [5.74, 6) is -2.93. The molecule has 0 spiro atoms. The Hall–Kier alpha value is -2.02. The zero-order valence-corrected chi connectivity index (χ0v) is 11.1. The van der Waals surface area contributed by atoms with E-state index in [-0.39, 0.29) is 5.69 Å². The monoisotopic (exact) mass is 301 g/mol. The van der Waals surface area contributed by atoms with E-state index in [1.54, 1.807) is 6.92 Å². The summed E-state index contributed by atoms with van der Waals surface area (Å²) in [4.78, 5) is -0.751. The molecule has 0 fully saturated rings. The third-order valence-electron chi connectivity index (χ3n) is 2.55. The van der Waals surface area contributed by atoms with Gasteiger partial charge in [-0.2, -0.15) is 0 Å². The number of aryl methyl sites for hydroxylation is 1. The lowest BCUT2D eigenvalue weighted by Crippen LogP contribution is -2.15. The Labute approximate surface area is 114 Å². The smallest absolute Gasteiger partial charge is 0.264 e. The molecule has 2 aromatic rings. The van der Waals surface area contributed by atoms with Gasteiger partial charge in [0, 0.05) is 6.07 Å². The minimum atomic E-state index is -4.33. The molecule has 2 rings (SSSR count). The lowest BCUT2D eigenvalue weighted by atomic mass is 10.2. The molecule has 2 aromatic carbocycles. The van der Waals surface area contributed by atoms with Crippen molar-refractivity contribution in [3.63, 3.8) is 0 Å². The predicted molar refractivity (Wildman–Crippen MR) is 68.3 cm³/mol. The van der Waals surface area contributed by atoms with Crippen molar-refractivity contribution in [3.05, 3.63) is 59.4 Å². The van der Waals surface area contributed by atoms with Crippen LogP contribution >= 0.6 is 0 Å². The van der Waals surface area contributed by atoms with Gasteiger partial charge in [-0.05, 0) is 36.8 Å². The quantitative estimate of drug-likeness (QED) is 0.946. The SMILES string of the molecule is Cc1ccc(NS(=O)(=O)c2ccc(F)cc2F)c(F)c1. The average molecular weight is 301 g/mol. The Morgan fingerprint density at radius 2 is 1.65 bits per heavy atom. The zero-order chi connectivity index (χ0) is 14.9. The van der Waals surface area contributed by atoms with E-state index in [1.807, 2.05) is 4.72 Å². The predicted octanol–water partition coefficient (Wildman–Crippen LogP) is 3.21. The number of rotatable bonds is 3. The summed E-state index contributed by atoms with van der Waals surface area (Å²) in [6, 6.07) is 5.90. The lowest BCUT2D eigenvalue weighted by Gasteiger charge is -2.10. The van der Waals surface area contributed by atoms with E-state index in [1.165, 1.54) is 12.1 Å². The molecule has 1 N–H and O–H groups in total. The number of benzene rings is 2. The van der Waals surface area contributed by atoms with Gasteiger partial charge in [0.1, 0.15) is 22.3 Å². The van der Waals surface area contributed by atoms with E-state index >= 15 is 0 Å². The summed E-state index contributed by atoms with van der Waals surface area (Å²) in [6.07, 6.45) is 0. The van der Waals surface area contributed by atoms with E-state index in [9.17, 15) is 21.6 Å². The van der Waals surface area contributed by atoms with Crippen LogP contribution in [0.4, 0.5) is 18.9 Å². The molecule has 0 aliphatic heterocycles. The van der Waals surface area contributed by atoms with Crippen molar-refractivity contribution in [2.75, 3.05) is 4.72 Å². The molecule has 0 unspecified atom stereocenters. The molecule has 0 saturated carbocycles. The number of hydrogen-bond donors (Lipinski definition) is 1. The van der Waals surface area contributed by atoms with Gasteiger partial charge in [0.15, 0.2) is 0 Å². The van der Waals surface area contributed by atoms with Crippen molar-refractivity contribution in [1.82, 2.24) is 0 Å². The number of anilines is 1. The normalized spacial score (nSPS) is 11.4. The fraction of sp³-hybridized carbons (Fsp3) is 0.0769. The Balaban J connectivity index is 2.41. The number of nitrogens with one attached hydrogen (secondary N) is 1. The van der Waals surface area contributed by atoms with E-state index < -0.39 is 32.4 Å². The second kappa shape index (κ2) is 5.16. The highest BCUT2D eigenvalue weighted by Crippen LogP contribution is 2.22. The van der Waals surface area contributed by atoms with Crippen LogP contribution in [-0.4, -0.2) is 8.42 Å². The fourth-order valence-electron chi connectivity index (χ4n) is 1.60. The Morgan fingerprint density at radius 1 is 0.950 bits per heavy atom. The molecular weight excluding hydrogens is 291 g/mol. The first-order valence-electron chi connectivity index (χ1n) is 5.53. The van der Waals surface area contributed by atoms with Crippen LogP contribution in [0.1, 0.15) is 5.56 Å². The summed E-state index contributed by atoms with van der Waals surface area (Å²) in [6.45, 7) is 1.64. The largest absolute Gasteiger partial charge is 0.277 e. The van der Waals surface area contributed by atoms with Gasteiger partial charge in [0.05, 0.1) is 5.69 Å². The molecule has 0 saturated heterocycles. The van der Waals surface area contributed by atoms with Crippen LogP contribution in [-0.2, 0) is 10.0 Å². The highest BCUT2D eigenvalue weighted by molar-refractivity contribution is 7.92. The van der Waals surface area contributed by atoms with Crippen molar-refractivity contribution in [2.24, 2.45) is 0 Å². The van der Waals surface area contributed by atoms with Gasteiger partial charge in [-0.25, -0.2) is 21.6 Å². The highest BCUT2D eigenvalue weighted by atomic mass is 32.2. The maximum atomic E-state index is 13.6. The van der Waals surface area contributed by atoms with Gasteiger partial charge in [-0.1, -0.05) is 6.07 Å². The molecule has 3 nitrogen and oxygen atoms in total. The third kappa shape index (κ3) is 2.93. The van der Waals surface area contributed by atoms with Crippen LogP contribution in [0.5, 0.6) is 0 Å². The fourth-order valence-corrected chi connectivity index (χ4v) is 2.72. The van der Waals surface area contributed by atoms with Crippen molar-refractivity contribution in [3.8, 4) is 0 Å². The molecule has 0 amide bonds. The van der Waals surface area contributed by atoms with Crippen LogP contribution in [0.25, 0.3) is 0 Å². The molecular formula is C13H10F3NO2S. The van der Waals surface area contributed by atoms with Gasteiger partial charge in [0.25, 0.3) is 10.0 Å². The molecule has 106 valence electrons. The maximum Gasteiger partial charge on any atom is 0.264 e. The maximum absolute atomic E-state index is 13.6. The average Bonchev–Trinajstić information content (AvgIpc) is 2.32. The van der Waals surface area contributed by atoms with Crippen molar-refractivity contribution >= 4 is 15.7 Å². The van der Waals surface area contributed by atoms with E-state index in [2.05, 4.69) is 0 Å². The minimum absolute atomic E-state index is 0.306. The summed E-state index contributed by atoms with van der Waals surface area (Å²) >= 11 is 0. The first-order chi connectivity index (χ1) is 9.29. The molecule has 0 aromatic heterocycles. The zero-order valence-electron chi connectivity index (χ0n) is 10.3. The van der Waals surface area contributed by atoms with Crippen molar-refractivity contribution < 1.29 is 21.6 Å². The molecule has 0 bridgehead atoms. The van der Waals surface area contributed by atoms with Crippen LogP contribution in [0.2, 0.25) is 0 Å². The highest BCUT2D eigenvalue weighted by Gasteiger charge is 2.21. The number of sulfonamides is 1. The lowest BCUT2D eigenvalue weighted by molar-refractivity contribution is 0.550. The second-order valence-corrected chi connectivity index (χ2v) is 5.81. The molecule has 7 heteroatoms. The minimum Gasteiger partial charge on any atom is -0.277 e. The van der Waals surface area contributed by atoms with E-state index in [0.29, 0.717) is 11.6 Å². The van der Waals surface area contributed by atoms with Gasteiger partial charge in [-0.3, -0.25) is 4.72 Å². The summed E-state index contributed by atoms with van der Waals surface area (Å²) in [7, 11) is -4.33. The molecule has 0 aliphatic carbocycles. The second-order valence-electron chi connectivity index (χ2n) is 4.16. The molecule has 20 heavy (non-hydrogen) atoms. The van der Waals surface area contributed by atoms with Crippen molar-refractivity contribution in [2.45, 2.75) is 11.8 Å². The summed E-state index contributed by atoms with van der Waals surface area (Å²) in [5.41, 5.74) is 0.303. The Bertz CT molecular complexity index is 760. The van der Waals surface area contributed by atoms with Gasteiger partial charge >= 0.3 is 0 Å². The van der Waals surface area contributed by atoms with Crippen LogP contribution in [0.15, 0.2) is 41.3 Å². The van der Waals surface area contributed by atoms with Crippen molar-refractivity contribution in [1.29, 1.82) is 0 Å². The first kappa shape index (κ1) is 14.4. The van der Waals surface area contributed by atoms with Gasteiger partial charge in [0.2, 0.25) is 0 Å². The third-order valence-corrected chi connectivity index (χ3v) is 3.95. The first-order valence-corrected chi connectivity index (χ1v) is 7.02. The van der Waals surface area contributed by atoms with Crippen LogP contribution in [0, 0.1) is 24.4 Å². The van der Waals surface area contributed by atoms with Crippen LogP contribution < -0.4 is 4.72 Å². The van der Waals surface area contributed by atoms with E-state index in [0.717, 1.165) is 18.2 Å². The molecule has 0 radical (unpaired) electrons. The molecule has 0 heterocycles. The number of hydrogen-bond acceptors (Lipinski definition) is 2. The van der Waals surface area contributed by atoms with E-state index in [4.69, 9.17) is 0 Å². The van der Waals surface area contributed by atoms with Gasteiger partial charge < -0.3 is 0 Å². The standard InChI is InChI=1S/C13H10F3NO2S/c1-8-2-4-12(10(15)6-8)17-20(18,19)13-5-3-9(14)7-11(13)16/h2-7,17H,1H3. The topological polar surface area (TPSA) is 46.2 Å². The molecule has 0 aliphatic rings. The van der Waals surface area contributed by atoms with Crippen LogP contribution in [0.3, 0.4) is 0 Å².